The second kappa shape index (κ2) is 8.08. The molecule has 1 aliphatic heterocycles. The first-order valence-corrected chi connectivity index (χ1v) is 10.1. The molecular weight excluding hydrogens is 339 g/mol. The van der Waals surface area contributed by atoms with Gasteiger partial charge >= 0.3 is 0 Å². The van der Waals surface area contributed by atoms with Crippen LogP contribution in [0.15, 0.2) is 54.6 Å². The fraction of sp³-hybridized carbons (Fsp3) is 0.368. The standard InChI is InChI=1S/C19H23FN2O2S/c20-19-8-6-17(7-9-19)10-11-21-12-14-22(15-13-21)25(23,24)16-18-4-2-1-3-5-18/h1-9H,10-16H2. The van der Waals surface area contributed by atoms with Crippen LogP contribution >= 0.6 is 0 Å². The van der Waals surface area contributed by atoms with Gasteiger partial charge in [-0.15, -0.1) is 0 Å². The highest BCUT2D eigenvalue weighted by Gasteiger charge is 2.26. The van der Waals surface area contributed by atoms with Crippen molar-refractivity contribution < 1.29 is 12.8 Å². The third-order valence-electron chi connectivity index (χ3n) is 4.55. The van der Waals surface area contributed by atoms with Crippen LogP contribution in [0, 0.1) is 5.82 Å². The maximum absolute atomic E-state index is 12.9. The van der Waals surface area contributed by atoms with Crippen LogP contribution < -0.4 is 0 Å². The molecule has 4 nitrogen and oxygen atoms in total. The normalized spacial score (nSPS) is 16.8. The summed E-state index contributed by atoms with van der Waals surface area (Å²) in [5, 5.41) is 0. The molecule has 0 atom stereocenters. The summed E-state index contributed by atoms with van der Waals surface area (Å²) in [6.45, 7) is 3.37. The van der Waals surface area contributed by atoms with Crippen molar-refractivity contribution in [3.05, 3.63) is 71.5 Å². The van der Waals surface area contributed by atoms with E-state index in [2.05, 4.69) is 4.90 Å². The van der Waals surface area contributed by atoms with E-state index in [0.29, 0.717) is 13.1 Å². The molecule has 1 fully saturated rings. The SMILES string of the molecule is O=S(=O)(Cc1ccccc1)N1CCN(CCc2ccc(F)cc2)CC1. The van der Waals surface area contributed by atoms with Crippen LogP contribution in [0.5, 0.6) is 0 Å². The first-order valence-electron chi connectivity index (χ1n) is 8.51. The molecule has 1 heterocycles. The molecule has 0 bridgehead atoms. The van der Waals surface area contributed by atoms with Crippen LogP contribution in [0.4, 0.5) is 4.39 Å². The fourth-order valence-corrected chi connectivity index (χ4v) is 4.56. The third-order valence-corrected chi connectivity index (χ3v) is 6.40. The van der Waals surface area contributed by atoms with Crippen molar-refractivity contribution in [2.24, 2.45) is 0 Å². The lowest BCUT2D eigenvalue weighted by molar-refractivity contribution is 0.190. The highest BCUT2D eigenvalue weighted by molar-refractivity contribution is 7.88. The summed E-state index contributed by atoms with van der Waals surface area (Å²) in [7, 11) is -3.27. The molecule has 0 radical (unpaired) electrons. The number of halogens is 1. The van der Waals surface area contributed by atoms with Gasteiger partial charge in [0.05, 0.1) is 5.75 Å². The van der Waals surface area contributed by atoms with Crippen LogP contribution in [0.2, 0.25) is 0 Å². The Hall–Kier alpha value is -1.76. The van der Waals surface area contributed by atoms with Gasteiger partial charge in [-0.2, -0.15) is 4.31 Å². The van der Waals surface area contributed by atoms with Crippen LogP contribution in [0.1, 0.15) is 11.1 Å². The van der Waals surface area contributed by atoms with Crippen molar-refractivity contribution in [3.63, 3.8) is 0 Å². The average molecular weight is 362 g/mol. The summed E-state index contributed by atoms with van der Waals surface area (Å²) in [5.41, 5.74) is 1.92. The number of sulfonamides is 1. The summed E-state index contributed by atoms with van der Waals surface area (Å²) in [6, 6.07) is 15.8. The van der Waals surface area contributed by atoms with Gasteiger partial charge in [-0.05, 0) is 29.7 Å². The summed E-state index contributed by atoms with van der Waals surface area (Å²) >= 11 is 0. The zero-order valence-corrected chi connectivity index (χ0v) is 15.0. The van der Waals surface area contributed by atoms with Gasteiger partial charge in [0, 0.05) is 32.7 Å². The molecule has 0 N–H and O–H groups in total. The van der Waals surface area contributed by atoms with Crippen LogP contribution in [-0.4, -0.2) is 50.3 Å². The number of nitrogens with zero attached hydrogens (tertiary/aromatic N) is 2. The second-order valence-electron chi connectivity index (χ2n) is 6.36. The van der Waals surface area contributed by atoms with Crippen molar-refractivity contribution in [2.45, 2.75) is 12.2 Å². The summed E-state index contributed by atoms with van der Waals surface area (Å²) < 4.78 is 39.6. The summed E-state index contributed by atoms with van der Waals surface area (Å²) in [4.78, 5) is 2.26. The lowest BCUT2D eigenvalue weighted by atomic mass is 10.1. The van der Waals surface area contributed by atoms with Gasteiger partial charge in [-0.1, -0.05) is 42.5 Å². The molecule has 25 heavy (non-hydrogen) atoms. The van der Waals surface area contributed by atoms with E-state index in [0.717, 1.165) is 37.2 Å². The predicted octanol–water partition coefficient (Wildman–Crippen LogP) is 2.52. The predicted molar refractivity (Wildman–Crippen MR) is 97.2 cm³/mol. The number of hydrogen-bond acceptors (Lipinski definition) is 3. The van der Waals surface area contributed by atoms with Crippen molar-refractivity contribution in [3.8, 4) is 0 Å². The first-order chi connectivity index (χ1) is 12.0. The Labute approximate surface area is 148 Å². The molecule has 6 heteroatoms. The van der Waals surface area contributed by atoms with E-state index < -0.39 is 10.0 Å². The maximum atomic E-state index is 12.9. The van der Waals surface area contributed by atoms with E-state index in [4.69, 9.17) is 0 Å². The number of hydrogen-bond donors (Lipinski definition) is 0. The number of piperazine rings is 1. The van der Waals surface area contributed by atoms with Crippen molar-refractivity contribution in [2.75, 3.05) is 32.7 Å². The van der Waals surface area contributed by atoms with Gasteiger partial charge in [-0.3, -0.25) is 0 Å². The molecule has 1 saturated heterocycles. The van der Waals surface area contributed by atoms with E-state index in [9.17, 15) is 12.8 Å². The molecule has 1 aliphatic rings. The molecule has 2 aromatic rings. The minimum atomic E-state index is -3.27. The largest absolute Gasteiger partial charge is 0.300 e. The Morgan fingerprint density at radius 2 is 1.48 bits per heavy atom. The Balaban J connectivity index is 1.48. The molecule has 0 amide bonds. The van der Waals surface area contributed by atoms with E-state index in [-0.39, 0.29) is 11.6 Å². The lowest BCUT2D eigenvalue weighted by Gasteiger charge is -2.34. The molecule has 134 valence electrons. The smallest absolute Gasteiger partial charge is 0.218 e. The third kappa shape index (κ3) is 5.11. The first kappa shape index (κ1) is 18.0. The highest BCUT2D eigenvalue weighted by Crippen LogP contribution is 2.14. The number of rotatable bonds is 6. The van der Waals surface area contributed by atoms with Gasteiger partial charge in [0.25, 0.3) is 0 Å². The van der Waals surface area contributed by atoms with Gasteiger partial charge < -0.3 is 4.90 Å². The van der Waals surface area contributed by atoms with Crippen LogP contribution in [0.25, 0.3) is 0 Å². The molecular formula is C19H23FN2O2S. The van der Waals surface area contributed by atoms with Crippen molar-refractivity contribution in [1.82, 2.24) is 9.21 Å². The molecule has 0 spiro atoms. The van der Waals surface area contributed by atoms with Gasteiger partial charge in [-0.25, -0.2) is 12.8 Å². The number of benzene rings is 2. The lowest BCUT2D eigenvalue weighted by Crippen LogP contribution is -2.49. The molecule has 3 rings (SSSR count). The topological polar surface area (TPSA) is 40.6 Å². The Kier molecular flexibility index (Phi) is 5.83. The minimum absolute atomic E-state index is 0.0589. The Morgan fingerprint density at radius 3 is 2.12 bits per heavy atom. The van der Waals surface area contributed by atoms with Crippen molar-refractivity contribution in [1.29, 1.82) is 0 Å². The highest BCUT2D eigenvalue weighted by atomic mass is 32.2. The van der Waals surface area contributed by atoms with Gasteiger partial charge in [0.15, 0.2) is 0 Å². The zero-order valence-electron chi connectivity index (χ0n) is 14.1. The van der Waals surface area contributed by atoms with Gasteiger partial charge in [0.1, 0.15) is 5.82 Å². The zero-order chi connectivity index (χ0) is 17.7. The second-order valence-corrected chi connectivity index (χ2v) is 8.33. The summed E-state index contributed by atoms with van der Waals surface area (Å²) in [6.07, 6.45) is 0.844. The van der Waals surface area contributed by atoms with Gasteiger partial charge in [0.2, 0.25) is 10.0 Å². The maximum Gasteiger partial charge on any atom is 0.218 e. The van der Waals surface area contributed by atoms with Crippen molar-refractivity contribution >= 4 is 10.0 Å². The molecule has 2 aromatic carbocycles. The minimum Gasteiger partial charge on any atom is -0.300 e. The van der Waals surface area contributed by atoms with Crippen LogP contribution in [-0.2, 0) is 22.2 Å². The molecule has 0 aliphatic carbocycles. The quantitative estimate of drug-likeness (QED) is 0.793. The average Bonchev–Trinajstić information content (AvgIpc) is 2.62. The fourth-order valence-electron chi connectivity index (χ4n) is 3.05. The van der Waals surface area contributed by atoms with E-state index >= 15 is 0 Å². The monoisotopic (exact) mass is 362 g/mol. The Morgan fingerprint density at radius 1 is 0.840 bits per heavy atom. The van der Waals surface area contributed by atoms with E-state index in [1.807, 2.05) is 30.3 Å². The molecule has 0 aromatic heterocycles. The molecule has 0 saturated carbocycles. The summed E-state index contributed by atoms with van der Waals surface area (Å²) in [5.74, 6) is -0.162. The van der Waals surface area contributed by atoms with Crippen LogP contribution in [0.3, 0.4) is 0 Å². The molecule has 0 unspecified atom stereocenters. The Bertz CT molecular complexity index is 771. The van der Waals surface area contributed by atoms with E-state index in [1.54, 1.807) is 16.4 Å². The van der Waals surface area contributed by atoms with E-state index in [1.165, 1.54) is 12.1 Å².